The second-order valence-corrected chi connectivity index (χ2v) is 14.7. The summed E-state index contributed by atoms with van der Waals surface area (Å²) in [5, 5.41) is 0.802. The molecule has 218 valence electrons. The highest BCUT2D eigenvalue weighted by Gasteiger charge is 2.34. The van der Waals surface area contributed by atoms with Gasteiger partial charge in [-0.05, 0) is 89.9 Å². The lowest BCUT2D eigenvalue weighted by molar-refractivity contribution is 0.0390. The SMILES string of the molecule is CC(C)(C)OC(=O)N(CCc1c(CBr)n(C(=O)OC(C)(C)C)c2c(F)cc(Br)cc12)S(=O)(=O)c1ccc(Cl)cc1. The van der Waals surface area contributed by atoms with E-state index in [0.29, 0.717) is 30.4 Å². The van der Waals surface area contributed by atoms with E-state index in [4.69, 9.17) is 21.1 Å². The molecule has 40 heavy (non-hydrogen) atoms. The van der Waals surface area contributed by atoms with Gasteiger partial charge in [0.15, 0.2) is 0 Å². The summed E-state index contributed by atoms with van der Waals surface area (Å²) >= 11 is 12.6. The highest BCUT2D eigenvalue weighted by Crippen LogP contribution is 2.34. The van der Waals surface area contributed by atoms with Crippen molar-refractivity contribution in [2.45, 2.75) is 69.4 Å². The highest BCUT2D eigenvalue weighted by molar-refractivity contribution is 9.10. The first-order valence-electron chi connectivity index (χ1n) is 12.2. The first kappa shape index (κ1) is 32.4. The van der Waals surface area contributed by atoms with Crippen LogP contribution in [0.1, 0.15) is 52.8 Å². The molecule has 3 aromatic rings. The predicted molar refractivity (Wildman–Crippen MR) is 159 cm³/mol. The van der Waals surface area contributed by atoms with Gasteiger partial charge in [-0.25, -0.2) is 31.3 Å². The van der Waals surface area contributed by atoms with Crippen LogP contribution in [-0.4, -0.2) is 47.2 Å². The molecule has 0 bridgehead atoms. The van der Waals surface area contributed by atoms with Crippen LogP contribution in [0.5, 0.6) is 0 Å². The molecule has 1 heterocycles. The molecule has 0 aliphatic rings. The Bertz CT molecular complexity index is 1540. The number of hydrogen-bond acceptors (Lipinski definition) is 6. The number of amides is 1. The molecule has 0 radical (unpaired) electrons. The Morgan fingerprint density at radius 3 is 2.12 bits per heavy atom. The van der Waals surface area contributed by atoms with Gasteiger partial charge in [0.1, 0.15) is 17.0 Å². The predicted octanol–water partition coefficient (Wildman–Crippen LogP) is 8.04. The lowest BCUT2D eigenvalue weighted by Crippen LogP contribution is -2.42. The third-order valence-corrected chi connectivity index (χ3v) is 8.48. The molecule has 0 unspecified atom stereocenters. The quantitative estimate of drug-likeness (QED) is 0.239. The number of sulfonamides is 1. The molecule has 3 rings (SSSR count). The normalized spacial score (nSPS) is 12.4. The lowest BCUT2D eigenvalue weighted by Gasteiger charge is -2.27. The number of halogens is 4. The van der Waals surface area contributed by atoms with E-state index in [1.807, 2.05) is 0 Å². The van der Waals surface area contributed by atoms with Gasteiger partial charge in [0, 0.05) is 32.5 Å². The Kier molecular flexibility index (Phi) is 9.70. The maximum Gasteiger partial charge on any atom is 0.424 e. The van der Waals surface area contributed by atoms with E-state index in [0.717, 1.165) is 4.57 Å². The molecule has 13 heteroatoms. The molecule has 0 saturated heterocycles. The van der Waals surface area contributed by atoms with Crippen molar-refractivity contribution in [1.29, 1.82) is 0 Å². The molecule has 0 fully saturated rings. The van der Waals surface area contributed by atoms with E-state index in [1.165, 1.54) is 30.3 Å². The number of rotatable bonds is 6. The van der Waals surface area contributed by atoms with Crippen LogP contribution in [0.4, 0.5) is 14.0 Å². The molecular formula is C27H30Br2ClFN2O6S. The number of carbonyl (C=O) groups excluding carboxylic acids is 2. The number of aromatic nitrogens is 1. The summed E-state index contributed by atoms with van der Waals surface area (Å²) in [7, 11) is -4.38. The van der Waals surface area contributed by atoms with Crippen LogP contribution >= 0.6 is 43.5 Å². The van der Waals surface area contributed by atoms with Crippen molar-refractivity contribution < 1.29 is 31.9 Å². The smallest absolute Gasteiger partial charge is 0.424 e. The minimum Gasteiger partial charge on any atom is -0.443 e. The molecule has 0 atom stereocenters. The van der Waals surface area contributed by atoms with E-state index in [1.54, 1.807) is 47.6 Å². The summed E-state index contributed by atoms with van der Waals surface area (Å²) < 4.78 is 55.7. The van der Waals surface area contributed by atoms with E-state index < -0.39 is 39.2 Å². The standard InChI is InChI=1S/C27H30Br2ClFN2O6S/c1-26(2,3)38-24(34)32(40(36,37)18-9-7-17(30)8-10-18)12-11-19-20-13-16(29)14-21(31)23(20)33(22(19)15-28)25(35)39-27(4,5)6/h7-10,13-14H,11-12,15H2,1-6H3. The Morgan fingerprint density at radius 2 is 1.60 bits per heavy atom. The number of fused-ring (bicyclic) bond motifs is 1. The molecule has 1 amide bonds. The van der Waals surface area contributed by atoms with Gasteiger partial charge < -0.3 is 9.47 Å². The molecule has 0 spiro atoms. The van der Waals surface area contributed by atoms with E-state index in [-0.39, 0.29) is 28.7 Å². The second kappa shape index (κ2) is 12.0. The fraction of sp³-hybridized carbons (Fsp3) is 0.407. The Labute approximate surface area is 255 Å². The lowest BCUT2D eigenvalue weighted by atomic mass is 10.1. The van der Waals surface area contributed by atoms with Gasteiger partial charge in [-0.2, -0.15) is 0 Å². The molecule has 8 nitrogen and oxygen atoms in total. The zero-order chi connectivity index (χ0) is 30.2. The zero-order valence-corrected chi connectivity index (χ0v) is 27.6. The van der Waals surface area contributed by atoms with Gasteiger partial charge >= 0.3 is 12.2 Å². The Balaban J connectivity index is 2.16. The number of ether oxygens (including phenoxy) is 2. The van der Waals surface area contributed by atoms with Gasteiger partial charge in [-0.15, -0.1) is 0 Å². The van der Waals surface area contributed by atoms with Crippen LogP contribution < -0.4 is 0 Å². The summed E-state index contributed by atoms with van der Waals surface area (Å²) in [6.07, 6.45) is -1.93. The number of benzene rings is 2. The minimum atomic E-state index is -4.38. The van der Waals surface area contributed by atoms with Crippen molar-refractivity contribution in [2.24, 2.45) is 0 Å². The van der Waals surface area contributed by atoms with E-state index >= 15 is 4.39 Å². The second-order valence-electron chi connectivity index (χ2n) is 10.9. The summed E-state index contributed by atoms with van der Waals surface area (Å²) in [5.41, 5.74) is -1.05. The summed E-state index contributed by atoms with van der Waals surface area (Å²) in [4.78, 5) is 26.3. The minimum absolute atomic E-state index is 0.0220. The van der Waals surface area contributed by atoms with Crippen molar-refractivity contribution >= 4 is 76.6 Å². The molecular weight excluding hydrogens is 695 g/mol. The number of alkyl halides is 1. The van der Waals surface area contributed by atoms with Crippen LogP contribution in [0.2, 0.25) is 5.02 Å². The van der Waals surface area contributed by atoms with Crippen LogP contribution in [0.3, 0.4) is 0 Å². The Hall–Kier alpha value is -2.15. The maximum absolute atomic E-state index is 15.3. The van der Waals surface area contributed by atoms with Gasteiger partial charge in [-0.3, -0.25) is 0 Å². The Morgan fingerprint density at radius 1 is 1.02 bits per heavy atom. The van der Waals surface area contributed by atoms with Crippen molar-refractivity contribution in [2.75, 3.05) is 6.54 Å². The number of hydrogen-bond donors (Lipinski definition) is 0. The first-order valence-corrected chi connectivity index (χ1v) is 15.9. The van der Waals surface area contributed by atoms with Crippen molar-refractivity contribution in [3.8, 4) is 0 Å². The summed E-state index contributed by atoms with van der Waals surface area (Å²) in [6, 6.07) is 8.24. The maximum atomic E-state index is 15.3. The first-order chi connectivity index (χ1) is 18.4. The molecule has 0 N–H and O–H groups in total. The zero-order valence-electron chi connectivity index (χ0n) is 22.8. The van der Waals surface area contributed by atoms with Crippen molar-refractivity contribution in [1.82, 2.24) is 8.87 Å². The third-order valence-electron chi connectivity index (χ3n) is 5.46. The van der Waals surface area contributed by atoms with Gasteiger partial charge in [0.25, 0.3) is 10.0 Å². The average Bonchev–Trinajstić information content (AvgIpc) is 3.10. The molecule has 1 aromatic heterocycles. The van der Waals surface area contributed by atoms with Gasteiger partial charge in [0.05, 0.1) is 10.4 Å². The van der Waals surface area contributed by atoms with E-state index in [9.17, 15) is 18.0 Å². The highest BCUT2D eigenvalue weighted by atomic mass is 79.9. The number of carbonyl (C=O) groups is 2. The fourth-order valence-corrected chi connectivity index (χ4v) is 6.39. The van der Waals surface area contributed by atoms with Crippen LogP contribution in [0.15, 0.2) is 45.8 Å². The largest absolute Gasteiger partial charge is 0.443 e. The average molecular weight is 725 g/mol. The van der Waals surface area contributed by atoms with Gasteiger partial charge in [0.2, 0.25) is 0 Å². The molecule has 0 aliphatic carbocycles. The van der Waals surface area contributed by atoms with Crippen LogP contribution in [0.25, 0.3) is 10.9 Å². The third kappa shape index (κ3) is 7.37. The van der Waals surface area contributed by atoms with Crippen LogP contribution in [-0.2, 0) is 31.2 Å². The van der Waals surface area contributed by atoms with Crippen LogP contribution in [0, 0.1) is 5.82 Å². The molecule has 2 aromatic carbocycles. The van der Waals surface area contributed by atoms with Crippen molar-refractivity contribution in [3.63, 3.8) is 0 Å². The fourth-order valence-electron chi connectivity index (χ4n) is 3.95. The molecule has 0 aliphatic heterocycles. The van der Waals surface area contributed by atoms with E-state index in [2.05, 4.69) is 31.9 Å². The van der Waals surface area contributed by atoms with Gasteiger partial charge in [-0.1, -0.05) is 43.5 Å². The van der Waals surface area contributed by atoms with Crippen molar-refractivity contribution in [3.05, 3.63) is 63.0 Å². The summed E-state index contributed by atoms with van der Waals surface area (Å²) in [6.45, 7) is 9.58. The topological polar surface area (TPSA) is 94.9 Å². The number of nitrogens with zero attached hydrogens (tertiary/aromatic N) is 2. The summed E-state index contributed by atoms with van der Waals surface area (Å²) in [5.74, 6) is -0.679. The monoisotopic (exact) mass is 722 g/mol. The molecule has 0 saturated carbocycles.